The molecule has 0 bridgehead atoms. The van der Waals surface area contributed by atoms with Gasteiger partial charge in [0.05, 0.1) is 23.2 Å². The van der Waals surface area contributed by atoms with Crippen LogP contribution < -0.4 is 5.32 Å². The Bertz CT molecular complexity index is 848. The molecule has 0 unspecified atom stereocenters. The molecule has 1 N–H and O–H groups in total. The van der Waals surface area contributed by atoms with Gasteiger partial charge in [0.25, 0.3) is 0 Å². The number of thiophene rings is 1. The van der Waals surface area contributed by atoms with Gasteiger partial charge in [-0.1, -0.05) is 0 Å². The molecule has 2 aromatic heterocycles. The molecule has 1 amide bonds. The first-order valence-corrected chi connectivity index (χ1v) is 8.44. The number of ketones is 1. The number of nitrogens with one attached hydrogen (secondary N) is 1. The number of ether oxygens (including phenoxy) is 1. The SMILES string of the molecule is CCOC(=O)c1c(NC(=O)/C=C/c2cnn(C)c2)sc(C(C)=O)c1C. The van der Waals surface area contributed by atoms with Crippen LogP contribution in [0.5, 0.6) is 0 Å². The van der Waals surface area contributed by atoms with Crippen molar-refractivity contribution in [1.82, 2.24) is 9.78 Å². The highest BCUT2D eigenvalue weighted by molar-refractivity contribution is 7.18. The molecule has 0 saturated carbocycles. The Hall–Kier alpha value is -2.74. The normalized spacial score (nSPS) is 10.9. The molecule has 7 nitrogen and oxygen atoms in total. The number of carbonyl (C=O) groups excluding carboxylic acids is 3. The van der Waals surface area contributed by atoms with Crippen LogP contribution in [0.3, 0.4) is 0 Å². The van der Waals surface area contributed by atoms with E-state index in [4.69, 9.17) is 4.74 Å². The van der Waals surface area contributed by atoms with E-state index in [1.54, 1.807) is 44.0 Å². The summed E-state index contributed by atoms with van der Waals surface area (Å²) >= 11 is 1.07. The van der Waals surface area contributed by atoms with Crippen molar-refractivity contribution in [2.24, 2.45) is 7.05 Å². The van der Waals surface area contributed by atoms with Gasteiger partial charge >= 0.3 is 5.97 Å². The van der Waals surface area contributed by atoms with E-state index in [0.29, 0.717) is 15.4 Å². The molecule has 0 aliphatic heterocycles. The molecule has 2 rings (SSSR count). The van der Waals surface area contributed by atoms with Gasteiger partial charge in [0.1, 0.15) is 5.00 Å². The number of esters is 1. The maximum atomic E-state index is 12.2. The minimum atomic E-state index is -0.560. The number of carbonyl (C=O) groups is 3. The smallest absolute Gasteiger partial charge is 0.341 e. The van der Waals surface area contributed by atoms with Crippen molar-refractivity contribution in [1.29, 1.82) is 0 Å². The average Bonchev–Trinajstić information content (AvgIpc) is 3.09. The monoisotopic (exact) mass is 361 g/mol. The molecule has 25 heavy (non-hydrogen) atoms. The second-order valence-corrected chi connectivity index (χ2v) is 6.33. The summed E-state index contributed by atoms with van der Waals surface area (Å²) in [5.74, 6) is -1.14. The summed E-state index contributed by atoms with van der Waals surface area (Å²) < 4.78 is 6.66. The second-order valence-electron chi connectivity index (χ2n) is 5.31. The van der Waals surface area contributed by atoms with E-state index in [1.807, 2.05) is 0 Å². The lowest BCUT2D eigenvalue weighted by Crippen LogP contribution is -2.12. The fourth-order valence-corrected chi connectivity index (χ4v) is 3.33. The zero-order chi connectivity index (χ0) is 18.6. The Morgan fingerprint density at radius 3 is 2.68 bits per heavy atom. The van der Waals surface area contributed by atoms with Crippen molar-refractivity contribution in [2.45, 2.75) is 20.8 Å². The van der Waals surface area contributed by atoms with Crippen LogP contribution in [0.1, 0.15) is 45.0 Å². The molecular weight excluding hydrogens is 342 g/mol. The van der Waals surface area contributed by atoms with Crippen LogP contribution in [-0.4, -0.2) is 34.0 Å². The molecule has 0 aliphatic rings. The van der Waals surface area contributed by atoms with Crippen molar-refractivity contribution in [2.75, 3.05) is 11.9 Å². The van der Waals surface area contributed by atoms with Crippen LogP contribution in [0.2, 0.25) is 0 Å². The summed E-state index contributed by atoms with van der Waals surface area (Å²) in [6, 6.07) is 0. The van der Waals surface area contributed by atoms with E-state index in [1.165, 1.54) is 13.0 Å². The van der Waals surface area contributed by atoms with Gasteiger partial charge in [0.15, 0.2) is 5.78 Å². The Kier molecular flexibility index (Phi) is 5.87. The molecule has 0 saturated heterocycles. The quantitative estimate of drug-likeness (QED) is 0.485. The van der Waals surface area contributed by atoms with Gasteiger partial charge in [-0.3, -0.25) is 14.3 Å². The van der Waals surface area contributed by atoms with Gasteiger partial charge in [-0.25, -0.2) is 4.79 Å². The van der Waals surface area contributed by atoms with Crippen molar-refractivity contribution >= 4 is 40.1 Å². The number of aryl methyl sites for hydroxylation is 1. The first-order chi connectivity index (χ1) is 11.8. The minimum absolute atomic E-state index is 0.167. The summed E-state index contributed by atoms with van der Waals surface area (Å²) in [7, 11) is 1.78. The number of aromatic nitrogens is 2. The van der Waals surface area contributed by atoms with Crippen LogP contribution in [0, 0.1) is 6.92 Å². The molecular formula is C17H19N3O4S. The lowest BCUT2D eigenvalue weighted by Gasteiger charge is -2.05. The summed E-state index contributed by atoms with van der Waals surface area (Å²) in [5.41, 5.74) is 1.51. The second kappa shape index (κ2) is 7.89. The highest BCUT2D eigenvalue weighted by atomic mass is 32.1. The van der Waals surface area contributed by atoms with Crippen molar-refractivity contribution in [3.63, 3.8) is 0 Å². The predicted octanol–water partition coefficient (Wildman–Crippen LogP) is 2.82. The molecule has 0 spiro atoms. The maximum Gasteiger partial charge on any atom is 0.341 e. The highest BCUT2D eigenvalue weighted by Gasteiger charge is 2.24. The van der Waals surface area contributed by atoms with Crippen LogP contribution in [0.15, 0.2) is 18.5 Å². The van der Waals surface area contributed by atoms with Gasteiger partial charge in [0, 0.05) is 24.9 Å². The van der Waals surface area contributed by atoms with Gasteiger partial charge in [-0.05, 0) is 32.4 Å². The topological polar surface area (TPSA) is 90.3 Å². The lowest BCUT2D eigenvalue weighted by molar-refractivity contribution is -0.111. The van der Waals surface area contributed by atoms with Crippen LogP contribution in [-0.2, 0) is 16.6 Å². The van der Waals surface area contributed by atoms with Crippen molar-refractivity contribution in [3.8, 4) is 0 Å². The summed E-state index contributed by atoms with van der Waals surface area (Å²) in [6.45, 7) is 4.99. The fraction of sp³-hybridized carbons (Fsp3) is 0.294. The van der Waals surface area contributed by atoms with Gasteiger partial charge < -0.3 is 10.1 Å². The zero-order valence-corrected chi connectivity index (χ0v) is 15.3. The molecule has 132 valence electrons. The van der Waals surface area contributed by atoms with E-state index < -0.39 is 11.9 Å². The van der Waals surface area contributed by atoms with Gasteiger partial charge in [-0.15, -0.1) is 11.3 Å². The largest absolute Gasteiger partial charge is 0.462 e. The first kappa shape index (κ1) is 18.6. The predicted molar refractivity (Wildman–Crippen MR) is 95.9 cm³/mol. The molecule has 0 aliphatic carbocycles. The standard InChI is InChI=1S/C17H19N3O4S/c1-5-24-17(23)14-10(2)15(11(3)21)25-16(14)19-13(22)7-6-12-8-18-20(4)9-12/h6-9H,5H2,1-4H3,(H,19,22)/b7-6+. The third kappa shape index (κ3) is 4.42. The number of hydrogen-bond acceptors (Lipinski definition) is 6. The van der Waals surface area contributed by atoms with E-state index in [9.17, 15) is 14.4 Å². The van der Waals surface area contributed by atoms with Crippen molar-refractivity contribution in [3.05, 3.63) is 40.0 Å². The van der Waals surface area contributed by atoms with E-state index >= 15 is 0 Å². The van der Waals surface area contributed by atoms with Crippen LogP contribution >= 0.6 is 11.3 Å². The number of rotatable bonds is 6. The first-order valence-electron chi connectivity index (χ1n) is 7.62. The number of anilines is 1. The summed E-state index contributed by atoms with van der Waals surface area (Å²) in [4.78, 5) is 36.5. The minimum Gasteiger partial charge on any atom is -0.462 e. The van der Waals surface area contributed by atoms with E-state index in [-0.39, 0.29) is 18.0 Å². The molecule has 8 heteroatoms. The average molecular weight is 361 g/mol. The third-order valence-corrected chi connectivity index (χ3v) is 4.64. The highest BCUT2D eigenvalue weighted by Crippen LogP contribution is 2.34. The van der Waals surface area contributed by atoms with E-state index in [0.717, 1.165) is 16.9 Å². The molecule has 0 aromatic carbocycles. The number of Topliss-reactive ketones (excluding diaryl/α,β-unsaturated/α-hetero) is 1. The molecule has 0 fully saturated rings. The van der Waals surface area contributed by atoms with Gasteiger partial charge in [0.2, 0.25) is 5.91 Å². The Morgan fingerprint density at radius 2 is 2.12 bits per heavy atom. The number of nitrogens with zero attached hydrogens (tertiary/aromatic N) is 2. The molecule has 0 radical (unpaired) electrons. The van der Waals surface area contributed by atoms with Crippen LogP contribution in [0.4, 0.5) is 5.00 Å². The van der Waals surface area contributed by atoms with Gasteiger partial charge in [-0.2, -0.15) is 5.10 Å². The van der Waals surface area contributed by atoms with E-state index in [2.05, 4.69) is 10.4 Å². The summed E-state index contributed by atoms with van der Waals surface area (Å²) in [5, 5.41) is 6.97. The fourth-order valence-electron chi connectivity index (χ4n) is 2.24. The molecule has 2 heterocycles. The number of hydrogen-bond donors (Lipinski definition) is 1. The molecule has 0 atom stereocenters. The lowest BCUT2D eigenvalue weighted by atomic mass is 10.1. The maximum absolute atomic E-state index is 12.2. The third-order valence-electron chi connectivity index (χ3n) is 3.33. The summed E-state index contributed by atoms with van der Waals surface area (Å²) in [6.07, 6.45) is 6.33. The van der Waals surface area contributed by atoms with Crippen LogP contribution in [0.25, 0.3) is 6.08 Å². The van der Waals surface area contributed by atoms with Crippen molar-refractivity contribution < 1.29 is 19.1 Å². The number of amides is 1. The Labute approximate surface area is 149 Å². The Balaban J connectivity index is 2.26. The Morgan fingerprint density at radius 1 is 1.40 bits per heavy atom. The zero-order valence-electron chi connectivity index (χ0n) is 14.5. The molecule has 2 aromatic rings.